The molecule has 0 aliphatic carbocycles. The Morgan fingerprint density at radius 1 is 1.15 bits per heavy atom. The molecule has 140 valence electrons. The van der Waals surface area contributed by atoms with Crippen LogP contribution in [0.3, 0.4) is 0 Å². The number of ether oxygens (including phenoxy) is 1. The first kappa shape index (κ1) is 18.2. The van der Waals surface area contributed by atoms with Gasteiger partial charge in [-0.25, -0.2) is 4.79 Å². The minimum absolute atomic E-state index is 0.0533. The summed E-state index contributed by atoms with van der Waals surface area (Å²) < 4.78 is 5.07. The number of benzene rings is 1. The summed E-state index contributed by atoms with van der Waals surface area (Å²) in [6.07, 6.45) is 1.52. The van der Waals surface area contributed by atoms with E-state index in [2.05, 4.69) is 0 Å². The lowest BCUT2D eigenvalue weighted by molar-refractivity contribution is -0.151. The van der Waals surface area contributed by atoms with E-state index in [1.165, 1.54) is 0 Å². The summed E-state index contributed by atoms with van der Waals surface area (Å²) in [5.74, 6) is -0.609. The minimum Gasteiger partial charge on any atom is -0.466 e. The van der Waals surface area contributed by atoms with E-state index in [0.29, 0.717) is 32.8 Å². The van der Waals surface area contributed by atoms with Gasteiger partial charge in [0.2, 0.25) is 5.91 Å². The maximum absolute atomic E-state index is 12.6. The minimum atomic E-state index is -0.261. The molecule has 3 amide bonds. The Morgan fingerprint density at radius 3 is 2.65 bits per heavy atom. The topological polar surface area (TPSA) is 70.2 Å². The number of para-hydroxylation sites is 1. The average molecular weight is 359 g/mol. The molecule has 1 unspecified atom stereocenters. The molecule has 1 aromatic carbocycles. The summed E-state index contributed by atoms with van der Waals surface area (Å²) in [5.41, 5.74) is 0.841. The van der Waals surface area contributed by atoms with E-state index in [0.717, 1.165) is 18.5 Å². The van der Waals surface area contributed by atoms with Crippen molar-refractivity contribution in [2.24, 2.45) is 5.92 Å². The Bertz CT molecular complexity index is 664. The highest BCUT2D eigenvalue weighted by Gasteiger charge is 2.34. The molecule has 26 heavy (non-hydrogen) atoms. The van der Waals surface area contributed by atoms with Crippen LogP contribution in [0.15, 0.2) is 30.3 Å². The van der Waals surface area contributed by atoms with Crippen LogP contribution >= 0.6 is 0 Å². The molecule has 0 saturated carbocycles. The van der Waals surface area contributed by atoms with Gasteiger partial charge < -0.3 is 14.5 Å². The van der Waals surface area contributed by atoms with Gasteiger partial charge in [-0.3, -0.25) is 14.5 Å². The molecule has 3 rings (SSSR count). The highest BCUT2D eigenvalue weighted by Crippen LogP contribution is 2.21. The van der Waals surface area contributed by atoms with E-state index in [9.17, 15) is 14.4 Å². The third kappa shape index (κ3) is 3.98. The van der Waals surface area contributed by atoms with E-state index >= 15 is 0 Å². The van der Waals surface area contributed by atoms with Crippen LogP contribution in [0.5, 0.6) is 0 Å². The molecule has 2 saturated heterocycles. The Balaban J connectivity index is 1.56. The lowest BCUT2D eigenvalue weighted by Crippen LogP contribution is -2.47. The van der Waals surface area contributed by atoms with Crippen LogP contribution in [0, 0.1) is 5.92 Å². The number of rotatable bonds is 5. The number of hydrogen-bond acceptors (Lipinski definition) is 4. The molecule has 0 aromatic heterocycles. The molecule has 0 N–H and O–H groups in total. The van der Waals surface area contributed by atoms with Gasteiger partial charge in [-0.05, 0) is 31.9 Å². The van der Waals surface area contributed by atoms with Crippen LogP contribution in [0.2, 0.25) is 0 Å². The second kappa shape index (κ2) is 8.21. The van der Waals surface area contributed by atoms with E-state index in [4.69, 9.17) is 4.74 Å². The first-order chi connectivity index (χ1) is 12.6. The second-order valence-corrected chi connectivity index (χ2v) is 6.62. The molecule has 1 atom stereocenters. The maximum Gasteiger partial charge on any atom is 0.325 e. The summed E-state index contributed by atoms with van der Waals surface area (Å²) in [6.45, 7) is 4.27. The van der Waals surface area contributed by atoms with Crippen molar-refractivity contribution in [1.82, 2.24) is 9.80 Å². The van der Waals surface area contributed by atoms with E-state index in [1.54, 1.807) is 21.6 Å². The molecule has 7 heteroatoms. The van der Waals surface area contributed by atoms with Crippen LogP contribution in [-0.2, 0) is 14.3 Å². The molecule has 0 spiro atoms. The summed E-state index contributed by atoms with van der Waals surface area (Å²) in [4.78, 5) is 42.1. The summed E-state index contributed by atoms with van der Waals surface area (Å²) in [7, 11) is 0. The largest absolute Gasteiger partial charge is 0.466 e. The number of urea groups is 1. The smallest absolute Gasteiger partial charge is 0.325 e. The highest BCUT2D eigenvalue weighted by atomic mass is 16.5. The monoisotopic (exact) mass is 359 g/mol. The molecule has 7 nitrogen and oxygen atoms in total. The molecule has 2 fully saturated rings. The first-order valence-corrected chi connectivity index (χ1v) is 9.16. The maximum atomic E-state index is 12.6. The number of amides is 3. The van der Waals surface area contributed by atoms with Crippen molar-refractivity contribution in [3.8, 4) is 0 Å². The van der Waals surface area contributed by atoms with E-state index < -0.39 is 0 Å². The predicted molar refractivity (Wildman–Crippen MR) is 96.7 cm³/mol. The molecule has 0 bridgehead atoms. The molecular weight excluding hydrogens is 334 g/mol. The number of carbonyl (C=O) groups is 3. The Labute approximate surface area is 153 Å². The predicted octanol–water partition coefficient (Wildman–Crippen LogP) is 1.73. The van der Waals surface area contributed by atoms with Crippen molar-refractivity contribution in [1.29, 1.82) is 0 Å². The molecule has 2 heterocycles. The van der Waals surface area contributed by atoms with Crippen LogP contribution in [0.1, 0.15) is 19.8 Å². The molecule has 0 radical (unpaired) electrons. The SMILES string of the molecule is CCOC(=O)C1CCCN(C(=O)CN2CCN(c3ccccc3)C2=O)C1. The summed E-state index contributed by atoms with van der Waals surface area (Å²) in [6, 6.07) is 9.31. The zero-order valence-electron chi connectivity index (χ0n) is 15.1. The second-order valence-electron chi connectivity index (χ2n) is 6.62. The quantitative estimate of drug-likeness (QED) is 0.751. The number of nitrogens with zero attached hydrogens (tertiary/aromatic N) is 3. The molecule has 2 aliphatic heterocycles. The number of esters is 1. The fourth-order valence-electron chi connectivity index (χ4n) is 3.50. The number of hydrogen-bond donors (Lipinski definition) is 0. The van der Waals surface area contributed by atoms with Crippen LogP contribution < -0.4 is 4.90 Å². The number of carbonyl (C=O) groups excluding carboxylic acids is 3. The highest BCUT2D eigenvalue weighted by molar-refractivity contribution is 5.96. The number of piperidine rings is 1. The van der Waals surface area contributed by atoms with Crippen molar-refractivity contribution < 1.29 is 19.1 Å². The lowest BCUT2D eigenvalue weighted by Gasteiger charge is -2.32. The molecule has 1 aromatic rings. The third-order valence-corrected chi connectivity index (χ3v) is 4.88. The zero-order chi connectivity index (χ0) is 18.5. The Morgan fingerprint density at radius 2 is 1.92 bits per heavy atom. The van der Waals surface area contributed by atoms with Crippen molar-refractivity contribution >= 4 is 23.6 Å². The van der Waals surface area contributed by atoms with Crippen molar-refractivity contribution in [2.45, 2.75) is 19.8 Å². The van der Waals surface area contributed by atoms with Gasteiger partial charge >= 0.3 is 12.0 Å². The zero-order valence-corrected chi connectivity index (χ0v) is 15.1. The fraction of sp³-hybridized carbons (Fsp3) is 0.526. The Kier molecular flexibility index (Phi) is 5.75. The molecular formula is C19H25N3O4. The first-order valence-electron chi connectivity index (χ1n) is 9.16. The third-order valence-electron chi connectivity index (χ3n) is 4.88. The van der Waals surface area contributed by atoms with Gasteiger partial charge in [-0.15, -0.1) is 0 Å². The van der Waals surface area contributed by atoms with Crippen LogP contribution in [0.4, 0.5) is 10.5 Å². The number of anilines is 1. The van der Waals surface area contributed by atoms with E-state index in [1.807, 2.05) is 30.3 Å². The van der Waals surface area contributed by atoms with E-state index in [-0.39, 0.29) is 30.4 Å². The van der Waals surface area contributed by atoms with Gasteiger partial charge in [-0.2, -0.15) is 0 Å². The van der Waals surface area contributed by atoms with Crippen molar-refractivity contribution in [2.75, 3.05) is 44.2 Å². The van der Waals surface area contributed by atoms with Crippen LogP contribution in [0.25, 0.3) is 0 Å². The fourth-order valence-corrected chi connectivity index (χ4v) is 3.50. The standard InChI is InChI=1S/C19H25N3O4/c1-2-26-18(24)15-7-6-10-20(13-15)17(23)14-21-11-12-22(19(21)25)16-8-4-3-5-9-16/h3-5,8-9,15H,2,6-7,10-14H2,1H3. The lowest BCUT2D eigenvalue weighted by atomic mass is 9.98. The average Bonchev–Trinajstić information content (AvgIpc) is 3.03. The van der Waals surface area contributed by atoms with Gasteiger partial charge in [0, 0.05) is 31.9 Å². The van der Waals surface area contributed by atoms with Gasteiger partial charge in [0.05, 0.1) is 12.5 Å². The van der Waals surface area contributed by atoms with Gasteiger partial charge in [0.15, 0.2) is 0 Å². The summed E-state index contributed by atoms with van der Waals surface area (Å²) in [5, 5.41) is 0. The van der Waals surface area contributed by atoms with Gasteiger partial charge in [-0.1, -0.05) is 18.2 Å². The van der Waals surface area contributed by atoms with Gasteiger partial charge in [0.25, 0.3) is 0 Å². The summed E-state index contributed by atoms with van der Waals surface area (Å²) >= 11 is 0. The van der Waals surface area contributed by atoms with Crippen LogP contribution in [-0.4, -0.2) is 67.0 Å². The number of likely N-dealkylation sites (tertiary alicyclic amines) is 1. The van der Waals surface area contributed by atoms with Crippen molar-refractivity contribution in [3.05, 3.63) is 30.3 Å². The molecule has 2 aliphatic rings. The normalized spacial score (nSPS) is 20.4. The Hall–Kier alpha value is -2.57. The van der Waals surface area contributed by atoms with Gasteiger partial charge in [0.1, 0.15) is 6.54 Å². The van der Waals surface area contributed by atoms with Crippen molar-refractivity contribution in [3.63, 3.8) is 0 Å².